The molecule has 1 atom stereocenters. The predicted octanol–water partition coefficient (Wildman–Crippen LogP) is 5.82. The molecule has 6 heteroatoms. The smallest absolute Gasteiger partial charge is 0.339 e. The van der Waals surface area contributed by atoms with Crippen LogP contribution in [0.1, 0.15) is 30.6 Å². The maximum Gasteiger partial charge on any atom is 0.339 e. The van der Waals surface area contributed by atoms with Crippen molar-refractivity contribution in [3.8, 4) is 5.75 Å². The van der Waals surface area contributed by atoms with Crippen LogP contribution in [0.25, 0.3) is 10.8 Å². The van der Waals surface area contributed by atoms with Gasteiger partial charge in [-0.1, -0.05) is 60.6 Å². The van der Waals surface area contributed by atoms with Gasteiger partial charge >= 0.3 is 5.97 Å². The van der Waals surface area contributed by atoms with Crippen molar-refractivity contribution < 1.29 is 15.0 Å². The van der Waals surface area contributed by atoms with E-state index in [1.807, 2.05) is 18.2 Å². The Morgan fingerprint density at radius 2 is 1.76 bits per heavy atom. The number of halogens is 2. The van der Waals surface area contributed by atoms with E-state index in [9.17, 15) is 9.90 Å². The highest BCUT2D eigenvalue weighted by Crippen LogP contribution is 2.52. The molecule has 3 nitrogen and oxygen atoms in total. The molecule has 2 N–H and O–H groups in total. The molecular weight excluding hydrogens is 330 g/mol. The number of carboxylic acid groups (broad SMARTS) is 1. The molecule has 0 aromatic heterocycles. The molecule has 0 saturated carbocycles. The van der Waals surface area contributed by atoms with E-state index in [4.69, 9.17) is 27.6 Å². The van der Waals surface area contributed by atoms with Crippen molar-refractivity contribution in [2.45, 2.75) is 25.9 Å². The third kappa shape index (κ3) is 5.35. The molecule has 0 aliphatic carbocycles. The summed E-state index contributed by atoms with van der Waals surface area (Å²) in [4.78, 5) is 10.7. The zero-order valence-electron chi connectivity index (χ0n) is 11.8. The summed E-state index contributed by atoms with van der Waals surface area (Å²) in [5.74, 6) is -1.32. The van der Waals surface area contributed by atoms with E-state index >= 15 is 0 Å². The zero-order valence-corrected chi connectivity index (χ0v) is 14.2. The largest absolute Gasteiger partial charge is 0.507 e. The molecule has 2 rings (SSSR count). The zero-order chi connectivity index (χ0) is 16.0. The first kappa shape index (κ1) is 18.0. The molecule has 1 unspecified atom stereocenters. The minimum absolute atomic E-state index is 0.0660. The number of hydrogen-bond donors (Lipinski definition) is 2. The number of carboxylic acids is 1. The third-order valence-corrected chi connectivity index (χ3v) is 6.05. The lowest BCUT2D eigenvalue weighted by Gasteiger charge is -2.05. The van der Waals surface area contributed by atoms with E-state index in [0.717, 1.165) is 17.2 Å². The lowest BCUT2D eigenvalue weighted by atomic mass is 10.1. The molecule has 21 heavy (non-hydrogen) atoms. The molecule has 0 amide bonds. The average Bonchev–Trinajstić information content (AvgIpc) is 2.45. The normalized spacial score (nSPS) is 11.9. The van der Waals surface area contributed by atoms with Gasteiger partial charge < -0.3 is 10.2 Å². The molecular formula is C15H17Cl2O3P. The summed E-state index contributed by atoms with van der Waals surface area (Å²) < 4.78 is 0. The van der Waals surface area contributed by atoms with Gasteiger partial charge in [0, 0.05) is 5.66 Å². The minimum Gasteiger partial charge on any atom is -0.507 e. The van der Waals surface area contributed by atoms with E-state index in [1.54, 1.807) is 6.07 Å². The van der Waals surface area contributed by atoms with Crippen molar-refractivity contribution >= 4 is 45.9 Å². The van der Waals surface area contributed by atoms with Crippen molar-refractivity contribution in [1.29, 1.82) is 0 Å². The highest BCUT2D eigenvalue weighted by molar-refractivity contribution is 8.04. The fraction of sp³-hybridized carbons (Fsp3) is 0.267. The topological polar surface area (TPSA) is 57.5 Å². The van der Waals surface area contributed by atoms with Crippen molar-refractivity contribution in [1.82, 2.24) is 0 Å². The van der Waals surface area contributed by atoms with E-state index in [0.29, 0.717) is 5.66 Å². The van der Waals surface area contributed by atoms with Crippen molar-refractivity contribution in [2.75, 3.05) is 0 Å². The van der Waals surface area contributed by atoms with Crippen LogP contribution in [-0.4, -0.2) is 21.8 Å². The van der Waals surface area contributed by atoms with Crippen molar-refractivity contribution in [2.24, 2.45) is 0 Å². The van der Waals surface area contributed by atoms with Gasteiger partial charge in [-0.15, -0.1) is 0 Å². The molecule has 0 bridgehead atoms. The predicted molar refractivity (Wildman–Crippen MR) is 91.0 cm³/mol. The van der Waals surface area contributed by atoms with E-state index in [1.165, 1.54) is 12.1 Å². The molecule has 0 aliphatic rings. The lowest BCUT2D eigenvalue weighted by Crippen LogP contribution is -1.96. The van der Waals surface area contributed by atoms with Crippen LogP contribution in [-0.2, 0) is 0 Å². The highest BCUT2D eigenvalue weighted by Gasteiger charge is 2.09. The number of aromatic hydroxyl groups is 1. The molecule has 2 aromatic rings. The molecule has 0 aliphatic heterocycles. The number of fused-ring (bicyclic) bond motifs is 1. The number of carbonyl (C=O) groups is 1. The van der Waals surface area contributed by atoms with Gasteiger partial charge in [0.2, 0.25) is 0 Å². The maximum absolute atomic E-state index is 10.7. The van der Waals surface area contributed by atoms with Crippen LogP contribution in [0, 0.1) is 0 Å². The Morgan fingerprint density at radius 1 is 1.24 bits per heavy atom. The minimum atomic E-state index is -1.12. The second-order valence-electron chi connectivity index (χ2n) is 4.54. The van der Waals surface area contributed by atoms with Crippen LogP contribution in [0.4, 0.5) is 0 Å². The highest BCUT2D eigenvalue weighted by atomic mass is 35.9. The van der Waals surface area contributed by atoms with E-state index in [2.05, 4.69) is 13.8 Å². The summed E-state index contributed by atoms with van der Waals surface area (Å²) in [7, 11) is 0. The Bertz CT molecular complexity index is 617. The summed E-state index contributed by atoms with van der Waals surface area (Å²) in [5, 5.41) is 19.8. The van der Waals surface area contributed by atoms with Gasteiger partial charge in [-0.3, -0.25) is 0 Å². The summed E-state index contributed by atoms with van der Waals surface area (Å²) in [5.41, 5.74) is 0.432. The summed E-state index contributed by atoms with van der Waals surface area (Å²) in [6.07, 6.45) is 1.08. The number of phenols is 1. The van der Waals surface area contributed by atoms with Gasteiger partial charge in [0.1, 0.15) is 11.3 Å². The van der Waals surface area contributed by atoms with E-state index in [-0.39, 0.29) is 11.3 Å². The summed E-state index contributed by atoms with van der Waals surface area (Å²) in [6, 6.07) is 10.2. The summed E-state index contributed by atoms with van der Waals surface area (Å²) in [6.45, 7) is 3.43. The first-order valence-corrected chi connectivity index (χ1v) is 9.64. The Kier molecular flexibility index (Phi) is 7.24. The van der Waals surface area contributed by atoms with Crippen molar-refractivity contribution in [3.63, 3.8) is 0 Å². The molecule has 0 heterocycles. The number of aromatic carboxylic acids is 1. The van der Waals surface area contributed by atoms with Gasteiger partial charge in [0.25, 0.3) is 0 Å². The standard InChI is InChI=1S/C11H8O3.C4H9Cl2P/c12-10-6-8-4-2-1-3-7(8)5-9(10)11(13)14;1-3-4(2)7(5)6/h1-6,12H,(H,13,14);4H,3H2,1-2H3. The number of rotatable bonds is 3. The van der Waals surface area contributed by atoms with Gasteiger partial charge in [-0.2, -0.15) is 0 Å². The molecule has 114 valence electrons. The number of hydrogen-bond acceptors (Lipinski definition) is 2. The maximum atomic E-state index is 10.7. The molecule has 0 saturated heterocycles. The molecule has 0 radical (unpaired) electrons. The second kappa shape index (κ2) is 8.43. The van der Waals surface area contributed by atoms with Crippen LogP contribution < -0.4 is 0 Å². The Balaban J connectivity index is 0.000000270. The Morgan fingerprint density at radius 3 is 2.14 bits per heavy atom. The van der Waals surface area contributed by atoms with Crippen LogP contribution in [0.15, 0.2) is 36.4 Å². The van der Waals surface area contributed by atoms with Gasteiger partial charge in [0.05, 0.1) is 6.63 Å². The van der Waals surface area contributed by atoms with Gasteiger partial charge in [-0.05, 0) is 29.3 Å². The first-order chi connectivity index (χ1) is 9.86. The Labute approximate surface area is 134 Å². The van der Waals surface area contributed by atoms with Crippen LogP contribution >= 0.6 is 29.1 Å². The molecule has 0 fully saturated rings. The SMILES string of the molecule is CCC(C)P(Cl)Cl.O=C(O)c1cc2ccccc2cc1O. The van der Waals surface area contributed by atoms with Gasteiger partial charge in [-0.25, -0.2) is 4.79 Å². The van der Waals surface area contributed by atoms with Crippen LogP contribution in [0.5, 0.6) is 5.75 Å². The summed E-state index contributed by atoms with van der Waals surface area (Å²) >= 11 is 11.1. The molecule has 2 aromatic carbocycles. The van der Waals surface area contributed by atoms with Crippen molar-refractivity contribution in [3.05, 3.63) is 42.0 Å². The fourth-order valence-corrected chi connectivity index (χ4v) is 2.64. The second-order valence-corrected chi connectivity index (χ2v) is 8.64. The first-order valence-electron chi connectivity index (χ1n) is 6.42. The average molecular weight is 347 g/mol. The van der Waals surface area contributed by atoms with Crippen LogP contribution in [0.3, 0.4) is 0 Å². The Hall–Kier alpha value is -1.02. The van der Waals surface area contributed by atoms with Gasteiger partial charge in [0.15, 0.2) is 0 Å². The fourth-order valence-electron chi connectivity index (χ4n) is 1.54. The third-order valence-electron chi connectivity index (χ3n) is 3.02. The lowest BCUT2D eigenvalue weighted by molar-refractivity contribution is 0.0694. The van der Waals surface area contributed by atoms with E-state index < -0.39 is 12.6 Å². The quantitative estimate of drug-likeness (QED) is 0.688. The monoisotopic (exact) mass is 346 g/mol. The number of benzene rings is 2. The molecule has 0 spiro atoms. The van der Waals surface area contributed by atoms with Crippen LogP contribution in [0.2, 0.25) is 0 Å².